The number of hydrogen-bond acceptors (Lipinski definition) is 2. The average molecular weight is 347 g/mol. The number of hydrogen-bond donors (Lipinski definition) is 2. The van der Waals surface area contributed by atoms with Crippen LogP contribution in [-0.4, -0.2) is 12.5 Å². The first-order valence-corrected chi connectivity index (χ1v) is 7.80. The highest BCUT2D eigenvalue weighted by Crippen LogP contribution is 2.19. The molecular formula is C17H19BrN2O. The maximum Gasteiger partial charge on any atom is 0.253 e. The molecule has 0 bridgehead atoms. The molecule has 0 aromatic heterocycles. The molecule has 21 heavy (non-hydrogen) atoms. The summed E-state index contributed by atoms with van der Waals surface area (Å²) >= 11 is 3.41. The molecule has 3 nitrogen and oxygen atoms in total. The molecule has 1 atom stereocenters. The molecule has 0 aliphatic heterocycles. The third kappa shape index (κ3) is 4.08. The monoisotopic (exact) mass is 346 g/mol. The average Bonchev–Trinajstić information content (AvgIpc) is 2.48. The first-order valence-electron chi connectivity index (χ1n) is 7.01. The lowest BCUT2D eigenvalue weighted by Gasteiger charge is -2.16. The largest absolute Gasteiger partial charge is 0.385 e. The van der Waals surface area contributed by atoms with Crippen molar-refractivity contribution in [3.8, 4) is 0 Å². The Labute approximate surface area is 133 Å². The molecule has 4 heteroatoms. The Kier molecular flexibility index (Phi) is 5.39. The number of benzene rings is 2. The molecule has 0 unspecified atom stereocenters. The summed E-state index contributed by atoms with van der Waals surface area (Å²) in [6, 6.07) is 15.5. The van der Waals surface area contributed by atoms with E-state index in [1.165, 1.54) is 0 Å². The Bertz CT molecular complexity index is 610. The fraction of sp³-hybridized carbons (Fsp3) is 0.235. The number of carbonyl (C=O) groups excluding carboxylic acids is 1. The van der Waals surface area contributed by atoms with Gasteiger partial charge in [0.05, 0.1) is 11.6 Å². The summed E-state index contributed by atoms with van der Waals surface area (Å²) < 4.78 is 1.03. The molecule has 0 aliphatic rings. The van der Waals surface area contributed by atoms with Crippen molar-refractivity contribution in [2.24, 2.45) is 0 Å². The summed E-state index contributed by atoms with van der Waals surface area (Å²) in [7, 11) is 0. The van der Waals surface area contributed by atoms with E-state index >= 15 is 0 Å². The van der Waals surface area contributed by atoms with Gasteiger partial charge in [-0.1, -0.05) is 40.2 Å². The van der Waals surface area contributed by atoms with Gasteiger partial charge >= 0.3 is 0 Å². The summed E-state index contributed by atoms with van der Waals surface area (Å²) in [5, 5.41) is 6.25. The van der Waals surface area contributed by atoms with Crippen LogP contribution >= 0.6 is 15.9 Å². The normalized spacial score (nSPS) is 11.8. The number of nitrogens with one attached hydrogen (secondary N) is 2. The quantitative estimate of drug-likeness (QED) is 0.843. The minimum atomic E-state index is -0.0676. The molecule has 0 fully saturated rings. The number of halogens is 1. The summed E-state index contributed by atoms with van der Waals surface area (Å²) in [6.07, 6.45) is 0. The van der Waals surface area contributed by atoms with Gasteiger partial charge in [0.25, 0.3) is 5.91 Å². The molecule has 0 spiro atoms. The molecule has 110 valence electrons. The van der Waals surface area contributed by atoms with Gasteiger partial charge in [-0.2, -0.15) is 0 Å². The molecule has 2 N–H and O–H groups in total. The topological polar surface area (TPSA) is 41.1 Å². The van der Waals surface area contributed by atoms with E-state index in [4.69, 9.17) is 0 Å². The second-order valence-corrected chi connectivity index (χ2v) is 5.74. The Morgan fingerprint density at radius 3 is 2.48 bits per heavy atom. The Hall–Kier alpha value is -1.81. The molecular weight excluding hydrogens is 328 g/mol. The minimum absolute atomic E-state index is 0.0414. The zero-order chi connectivity index (χ0) is 15.2. The molecule has 0 saturated carbocycles. The zero-order valence-electron chi connectivity index (χ0n) is 12.2. The van der Waals surface area contributed by atoms with Crippen LogP contribution < -0.4 is 10.6 Å². The van der Waals surface area contributed by atoms with Crippen LogP contribution in [0.1, 0.15) is 35.8 Å². The Morgan fingerprint density at radius 1 is 1.14 bits per heavy atom. The molecule has 0 saturated heterocycles. The number of anilines is 1. The van der Waals surface area contributed by atoms with Gasteiger partial charge < -0.3 is 10.6 Å². The molecule has 0 aliphatic carbocycles. The third-order valence-corrected chi connectivity index (χ3v) is 3.79. The second kappa shape index (κ2) is 7.27. The maximum atomic E-state index is 12.4. The Morgan fingerprint density at radius 2 is 1.81 bits per heavy atom. The summed E-state index contributed by atoms with van der Waals surface area (Å²) in [6.45, 7) is 4.78. The molecule has 1 amide bonds. The van der Waals surface area contributed by atoms with E-state index in [0.717, 1.165) is 22.3 Å². The van der Waals surface area contributed by atoms with E-state index in [2.05, 4.69) is 26.6 Å². The van der Waals surface area contributed by atoms with Crippen LogP contribution in [0.4, 0.5) is 5.69 Å². The van der Waals surface area contributed by atoms with Crippen LogP contribution in [0.2, 0.25) is 0 Å². The van der Waals surface area contributed by atoms with Crippen molar-refractivity contribution >= 4 is 27.5 Å². The van der Waals surface area contributed by atoms with E-state index in [0.29, 0.717) is 5.56 Å². The van der Waals surface area contributed by atoms with Gasteiger partial charge in [-0.05, 0) is 43.7 Å². The second-order valence-electron chi connectivity index (χ2n) is 4.82. The molecule has 2 aromatic carbocycles. The smallest absolute Gasteiger partial charge is 0.253 e. The highest BCUT2D eigenvalue weighted by Gasteiger charge is 2.14. The molecule has 0 heterocycles. The van der Waals surface area contributed by atoms with Gasteiger partial charge in [0.2, 0.25) is 0 Å². The van der Waals surface area contributed by atoms with Crippen LogP contribution in [0, 0.1) is 0 Å². The number of rotatable bonds is 5. The first-order chi connectivity index (χ1) is 10.1. The van der Waals surface area contributed by atoms with Crippen molar-refractivity contribution in [3.63, 3.8) is 0 Å². The van der Waals surface area contributed by atoms with E-state index in [-0.39, 0.29) is 11.9 Å². The van der Waals surface area contributed by atoms with Crippen molar-refractivity contribution in [2.75, 3.05) is 11.9 Å². The Balaban J connectivity index is 2.12. The van der Waals surface area contributed by atoms with Gasteiger partial charge in [-0.3, -0.25) is 4.79 Å². The lowest BCUT2D eigenvalue weighted by Crippen LogP contribution is -2.27. The van der Waals surface area contributed by atoms with E-state index in [1.807, 2.05) is 62.4 Å². The van der Waals surface area contributed by atoms with E-state index < -0.39 is 0 Å². The standard InChI is InChI=1S/C17H19BrN2O/c1-3-19-16-7-5-4-6-15(16)17(21)20-12(2)13-8-10-14(18)11-9-13/h4-12,19H,3H2,1-2H3,(H,20,21)/t12-/m0/s1. The highest BCUT2D eigenvalue weighted by molar-refractivity contribution is 9.10. The fourth-order valence-corrected chi connectivity index (χ4v) is 2.40. The predicted octanol–water partition coefficient (Wildman–Crippen LogP) is 4.37. The van der Waals surface area contributed by atoms with Gasteiger partial charge in [0, 0.05) is 16.7 Å². The van der Waals surface area contributed by atoms with Crippen molar-refractivity contribution in [1.29, 1.82) is 0 Å². The highest BCUT2D eigenvalue weighted by atomic mass is 79.9. The van der Waals surface area contributed by atoms with Crippen molar-refractivity contribution < 1.29 is 4.79 Å². The minimum Gasteiger partial charge on any atom is -0.385 e. The van der Waals surface area contributed by atoms with E-state index in [1.54, 1.807) is 0 Å². The van der Waals surface area contributed by atoms with Gasteiger partial charge in [0.1, 0.15) is 0 Å². The van der Waals surface area contributed by atoms with Crippen molar-refractivity contribution in [3.05, 3.63) is 64.1 Å². The van der Waals surface area contributed by atoms with Crippen LogP contribution in [-0.2, 0) is 0 Å². The SMILES string of the molecule is CCNc1ccccc1C(=O)N[C@@H](C)c1ccc(Br)cc1. The van der Waals surface area contributed by atoms with Gasteiger partial charge in [-0.25, -0.2) is 0 Å². The van der Waals surface area contributed by atoms with Crippen LogP contribution in [0.3, 0.4) is 0 Å². The maximum absolute atomic E-state index is 12.4. The lowest BCUT2D eigenvalue weighted by atomic mass is 10.1. The van der Waals surface area contributed by atoms with Crippen LogP contribution in [0.15, 0.2) is 53.0 Å². The molecule has 2 aromatic rings. The van der Waals surface area contributed by atoms with Crippen molar-refractivity contribution in [2.45, 2.75) is 19.9 Å². The zero-order valence-corrected chi connectivity index (χ0v) is 13.8. The predicted molar refractivity (Wildman–Crippen MR) is 90.6 cm³/mol. The van der Waals surface area contributed by atoms with E-state index in [9.17, 15) is 4.79 Å². The van der Waals surface area contributed by atoms with Crippen LogP contribution in [0.25, 0.3) is 0 Å². The summed E-state index contributed by atoms with van der Waals surface area (Å²) in [5.74, 6) is -0.0676. The molecule has 0 radical (unpaired) electrons. The molecule has 2 rings (SSSR count). The fourth-order valence-electron chi connectivity index (χ4n) is 2.13. The number of para-hydroxylation sites is 1. The lowest BCUT2D eigenvalue weighted by molar-refractivity contribution is 0.0940. The third-order valence-electron chi connectivity index (χ3n) is 3.26. The van der Waals surface area contributed by atoms with Crippen molar-refractivity contribution in [1.82, 2.24) is 5.32 Å². The van der Waals surface area contributed by atoms with Gasteiger partial charge in [-0.15, -0.1) is 0 Å². The van der Waals surface area contributed by atoms with Gasteiger partial charge in [0.15, 0.2) is 0 Å². The number of amides is 1. The summed E-state index contributed by atoms with van der Waals surface area (Å²) in [5.41, 5.74) is 2.61. The summed E-state index contributed by atoms with van der Waals surface area (Å²) in [4.78, 5) is 12.4. The first kappa shape index (κ1) is 15.6. The van der Waals surface area contributed by atoms with Crippen LogP contribution in [0.5, 0.6) is 0 Å². The number of carbonyl (C=O) groups is 1.